The monoisotopic (exact) mass is 251 g/mol. The molecule has 0 radical (unpaired) electrons. The summed E-state index contributed by atoms with van der Waals surface area (Å²) < 4.78 is 0. The van der Waals surface area contributed by atoms with Crippen LogP contribution in [0.3, 0.4) is 0 Å². The van der Waals surface area contributed by atoms with Crippen molar-refractivity contribution >= 4 is 0 Å². The van der Waals surface area contributed by atoms with Gasteiger partial charge in [-0.15, -0.1) is 0 Å². The first kappa shape index (κ1) is 15.2. The van der Waals surface area contributed by atoms with E-state index in [-0.39, 0.29) is 6.61 Å². The number of nitrogens with zero attached hydrogens (tertiary/aromatic N) is 1. The smallest absolute Gasteiger partial charge is 0.0897 e. The molecule has 0 saturated carbocycles. The lowest BCUT2D eigenvalue weighted by Gasteiger charge is -2.21. The Morgan fingerprint density at radius 2 is 1.94 bits per heavy atom. The SMILES string of the molecule is Cc1ccc(C(C)C)cc1CN(C)CC(O)CO. The number of likely N-dealkylation sites (N-methyl/N-ethyl adjacent to an activating group) is 1. The van der Waals surface area contributed by atoms with Crippen molar-refractivity contribution in [1.82, 2.24) is 4.90 Å². The molecule has 2 N–H and O–H groups in total. The van der Waals surface area contributed by atoms with Crippen LogP contribution in [0, 0.1) is 6.92 Å². The van der Waals surface area contributed by atoms with Gasteiger partial charge in [0, 0.05) is 13.1 Å². The molecule has 102 valence electrons. The van der Waals surface area contributed by atoms with Crippen molar-refractivity contribution in [3.8, 4) is 0 Å². The van der Waals surface area contributed by atoms with Crippen LogP contribution in [0.25, 0.3) is 0 Å². The van der Waals surface area contributed by atoms with Gasteiger partial charge in [-0.1, -0.05) is 32.0 Å². The molecule has 1 rings (SSSR count). The maximum Gasteiger partial charge on any atom is 0.0897 e. The Morgan fingerprint density at radius 3 is 2.50 bits per heavy atom. The van der Waals surface area contributed by atoms with Gasteiger partial charge in [-0.05, 0) is 36.6 Å². The van der Waals surface area contributed by atoms with E-state index >= 15 is 0 Å². The molecule has 1 aromatic carbocycles. The van der Waals surface area contributed by atoms with E-state index in [0.717, 1.165) is 6.54 Å². The van der Waals surface area contributed by atoms with Crippen LogP contribution in [0.1, 0.15) is 36.5 Å². The number of aliphatic hydroxyl groups is 2. The quantitative estimate of drug-likeness (QED) is 0.811. The van der Waals surface area contributed by atoms with Gasteiger partial charge in [0.15, 0.2) is 0 Å². The molecule has 3 nitrogen and oxygen atoms in total. The van der Waals surface area contributed by atoms with E-state index in [1.807, 2.05) is 11.9 Å². The first-order chi connectivity index (χ1) is 8.43. The zero-order chi connectivity index (χ0) is 13.7. The van der Waals surface area contributed by atoms with E-state index in [9.17, 15) is 5.11 Å². The molecule has 0 heterocycles. The Bertz CT molecular complexity index is 377. The number of aryl methyl sites for hydroxylation is 1. The molecule has 0 aliphatic rings. The maximum atomic E-state index is 9.43. The summed E-state index contributed by atoms with van der Waals surface area (Å²) in [6.45, 7) is 7.58. The Morgan fingerprint density at radius 1 is 1.28 bits per heavy atom. The summed E-state index contributed by atoms with van der Waals surface area (Å²) in [6, 6.07) is 6.56. The van der Waals surface area contributed by atoms with Crippen LogP contribution in [-0.2, 0) is 6.54 Å². The van der Waals surface area contributed by atoms with Gasteiger partial charge in [-0.2, -0.15) is 0 Å². The Balaban J connectivity index is 2.73. The summed E-state index contributed by atoms with van der Waals surface area (Å²) in [6.07, 6.45) is -0.663. The van der Waals surface area contributed by atoms with E-state index in [2.05, 4.69) is 39.0 Å². The van der Waals surface area contributed by atoms with E-state index in [1.54, 1.807) is 0 Å². The van der Waals surface area contributed by atoms with E-state index in [0.29, 0.717) is 12.5 Å². The topological polar surface area (TPSA) is 43.7 Å². The van der Waals surface area contributed by atoms with Crippen molar-refractivity contribution in [1.29, 1.82) is 0 Å². The third kappa shape index (κ3) is 4.41. The van der Waals surface area contributed by atoms with Crippen molar-refractivity contribution in [3.05, 3.63) is 34.9 Å². The van der Waals surface area contributed by atoms with Gasteiger partial charge < -0.3 is 10.2 Å². The van der Waals surface area contributed by atoms with Gasteiger partial charge in [0.2, 0.25) is 0 Å². The number of rotatable bonds is 6. The van der Waals surface area contributed by atoms with Gasteiger partial charge in [-0.3, -0.25) is 4.90 Å². The summed E-state index contributed by atoms with van der Waals surface area (Å²) >= 11 is 0. The third-order valence-electron chi connectivity index (χ3n) is 3.21. The number of hydrogen-bond acceptors (Lipinski definition) is 3. The Labute approximate surface area is 110 Å². The van der Waals surface area contributed by atoms with Crippen molar-refractivity contribution < 1.29 is 10.2 Å². The van der Waals surface area contributed by atoms with Crippen molar-refractivity contribution in [2.45, 2.75) is 39.3 Å². The second-order valence-electron chi connectivity index (χ2n) is 5.37. The fourth-order valence-electron chi connectivity index (χ4n) is 1.99. The fraction of sp³-hybridized carbons (Fsp3) is 0.600. The highest BCUT2D eigenvalue weighted by molar-refractivity contribution is 5.32. The zero-order valence-corrected chi connectivity index (χ0v) is 11.8. The highest BCUT2D eigenvalue weighted by atomic mass is 16.3. The van der Waals surface area contributed by atoms with E-state index in [4.69, 9.17) is 5.11 Å². The molecule has 0 aromatic heterocycles. The van der Waals surface area contributed by atoms with Gasteiger partial charge in [0.25, 0.3) is 0 Å². The Hall–Kier alpha value is -0.900. The highest BCUT2D eigenvalue weighted by Gasteiger charge is 2.10. The highest BCUT2D eigenvalue weighted by Crippen LogP contribution is 2.19. The standard InChI is InChI=1S/C15H25NO2/c1-11(2)13-6-5-12(3)14(7-13)8-16(4)9-15(18)10-17/h5-7,11,15,17-18H,8-10H2,1-4H3. The molecular formula is C15H25NO2. The van der Waals surface area contributed by atoms with Crippen LogP contribution < -0.4 is 0 Å². The maximum absolute atomic E-state index is 9.43. The molecular weight excluding hydrogens is 226 g/mol. The minimum Gasteiger partial charge on any atom is -0.394 e. The molecule has 0 aliphatic carbocycles. The largest absolute Gasteiger partial charge is 0.394 e. The molecule has 0 amide bonds. The molecule has 1 atom stereocenters. The lowest BCUT2D eigenvalue weighted by Crippen LogP contribution is -2.31. The molecule has 0 aliphatic heterocycles. The summed E-state index contributed by atoms with van der Waals surface area (Å²) in [5, 5.41) is 18.3. The Kier molecular flexibility index (Phi) is 5.79. The average Bonchev–Trinajstić information content (AvgIpc) is 2.31. The predicted molar refractivity (Wildman–Crippen MR) is 74.7 cm³/mol. The minimum atomic E-state index is -0.663. The first-order valence-corrected chi connectivity index (χ1v) is 6.51. The number of aliphatic hydroxyl groups excluding tert-OH is 2. The molecule has 1 unspecified atom stereocenters. The predicted octanol–water partition coefficient (Wildman–Crippen LogP) is 1.90. The molecule has 0 bridgehead atoms. The van der Waals surface area contributed by atoms with Gasteiger partial charge in [0.05, 0.1) is 12.7 Å². The lowest BCUT2D eigenvalue weighted by molar-refractivity contribution is 0.0647. The lowest BCUT2D eigenvalue weighted by atomic mass is 9.97. The van der Waals surface area contributed by atoms with Crippen LogP contribution in [0.4, 0.5) is 0 Å². The molecule has 18 heavy (non-hydrogen) atoms. The minimum absolute atomic E-state index is 0.185. The van der Waals surface area contributed by atoms with Gasteiger partial charge in [0.1, 0.15) is 0 Å². The fourth-order valence-corrected chi connectivity index (χ4v) is 1.99. The van der Waals surface area contributed by atoms with Crippen molar-refractivity contribution in [2.24, 2.45) is 0 Å². The van der Waals surface area contributed by atoms with Crippen LogP contribution >= 0.6 is 0 Å². The summed E-state index contributed by atoms with van der Waals surface area (Å²) in [5.74, 6) is 0.526. The first-order valence-electron chi connectivity index (χ1n) is 6.51. The second-order valence-corrected chi connectivity index (χ2v) is 5.37. The molecule has 0 spiro atoms. The summed E-state index contributed by atoms with van der Waals surface area (Å²) in [5.41, 5.74) is 3.89. The van der Waals surface area contributed by atoms with E-state index < -0.39 is 6.10 Å². The number of benzene rings is 1. The average molecular weight is 251 g/mol. The van der Waals surface area contributed by atoms with Crippen molar-refractivity contribution in [2.75, 3.05) is 20.2 Å². The summed E-state index contributed by atoms with van der Waals surface area (Å²) in [4.78, 5) is 2.04. The second kappa shape index (κ2) is 6.88. The van der Waals surface area contributed by atoms with Crippen molar-refractivity contribution in [3.63, 3.8) is 0 Å². The summed E-state index contributed by atoms with van der Waals surface area (Å²) in [7, 11) is 1.96. The van der Waals surface area contributed by atoms with E-state index in [1.165, 1.54) is 16.7 Å². The van der Waals surface area contributed by atoms with Crippen LogP contribution in [0.2, 0.25) is 0 Å². The molecule has 0 fully saturated rings. The third-order valence-corrected chi connectivity index (χ3v) is 3.21. The van der Waals surface area contributed by atoms with Crippen LogP contribution in [0.15, 0.2) is 18.2 Å². The molecule has 3 heteroatoms. The molecule has 1 aromatic rings. The number of hydrogen-bond donors (Lipinski definition) is 2. The van der Waals surface area contributed by atoms with Gasteiger partial charge >= 0.3 is 0 Å². The molecule has 0 saturated heterocycles. The van der Waals surface area contributed by atoms with Gasteiger partial charge in [-0.25, -0.2) is 0 Å². The zero-order valence-electron chi connectivity index (χ0n) is 11.8. The van der Waals surface area contributed by atoms with Crippen LogP contribution in [0.5, 0.6) is 0 Å². The normalized spacial score (nSPS) is 13.3. The van der Waals surface area contributed by atoms with Crippen LogP contribution in [-0.4, -0.2) is 41.4 Å².